The maximum atomic E-state index is 13.2. The Morgan fingerprint density at radius 2 is 1.91 bits per heavy atom. The summed E-state index contributed by atoms with van der Waals surface area (Å²) in [7, 11) is 1.57. The Bertz CT molecular complexity index is 1390. The van der Waals surface area contributed by atoms with Gasteiger partial charge in [0.05, 0.1) is 22.9 Å². The molecule has 160 valence electrons. The largest absolute Gasteiger partial charge is 0.507 e. The number of aliphatic hydroxyl groups is 1. The smallest absolute Gasteiger partial charge is 0.302 e. The maximum Gasteiger partial charge on any atom is 0.302 e. The molecule has 2 aromatic carbocycles. The molecule has 7 nitrogen and oxygen atoms in total. The van der Waals surface area contributed by atoms with Gasteiger partial charge >= 0.3 is 5.91 Å². The van der Waals surface area contributed by atoms with E-state index in [-0.39, 0.29) is 11.3 Å². The number of carbonyl (C=O) groups excluding carboxylic acids is 2. The Kier molecular flexibility index (Phi) is 4.79. The van der Waals surface area contributed by atoms with Crippen molar-refractivity contribution in [3.8, 4) is 5.75 Å². The molecule has 0 bridgehead atoms. The third kappa shape index (κ3) is 3.16. The highest BCUT2D eigenvalue weighted by Crippen LogP contribution is 2.44. The van der Waals surface area contributed by atoms with Gasteiger partial charge in [-0.15, -0.1) is 0 Å². The standard InChI is InChI=1S/C24H18N2O5S/c1-13-8-11-17(31-13)20-19(21(27)14-6-4-3-5-7-14)22(28)23(29)26(20)24-25-16-10-9-15(30-2)12-18(16)32-24/h3-12,20,27H,1-2H3/b21-19+. The summed E-state index contributed by atoms with van der Waals surface area (Å²) in [5.74, 6) is -0.157. The lowest BCUT2D eigenvalue weighted by Crippen LogP contribution is -2.29. The summed E-state index contributed by atoms with van der Waals surface area (Å²) in [6, 6.07) is 16.6. The van der Waals surface area contributed by atoms with Crippen LogP contribution in [0.4, 0.5) is 5.13 Å². The highest BCUT2D eigenvalue weighted by atomic mass is 32.1. The highest BCUT2D eigenvalue weighted by molar-refractivity contribution is 7.22. The van der Waals surface area contributed by atoms with E-state index in [0.29, 0.717) is 33.5 Å². The molecular formula is C24H18N2O5S. The van der Waals surface area contributed by atoms with Crippen molar-refractivity contribution in [2.24, 2.45) is 0 Å². The molecule has 2 aromatic heterocycles. The van der Waals surface area contributed by atoms with E-state index in [2.05, 4.69) is 4.98 Å². The Labute approximate surface area is 187 Å². The minimum Gasteiger partial charge on any atom is -0.507 e. The number of Topliss-reactive ketones (excluding diaryl/α,β-unsaturated/α-hetero) is 1. The first kappa shape index (κ1) is 20.0. The first-order valence-corrected chi connectivity index (χ1v) is 10.7. The number of aliphatic hydroxyl groups excluding tert-OH is 1. The number of amides is 1. The van der Waals surface area contributed by atoms with Crippen LogP contribution in [0.3, 0.4) is 0 Å². The fraction of sp³-hybridized carbons (Fsp3) is 0.125. The van der Waals surface area contributed by atoms with Crippen molar-refractivity contribution in [3.63, 3.8) is 0 Å². The number of benzene rings is 2. The second kappa shape index (κ2) is 7.65. The minimum absolute atomic E-state index is 0.0348. The predicted octanol–water partition coefficient (Wildman–Crippen LogP) is 4.83. The average molecular weight is 446 g/mol. The molecule has 5 rings (SSSR count). The molecule has 1 N–H and O–H groups in total. The summed E-state index contributed by atoms with van der Waals surface area (Å²) in [5.41, 5.74) is 1.07. The maximum absolute atomic E-state index is 13.2. The topological polar surface area (TPSA) is 92.9 Å². The number of hydrogen-bond donors (Lipinski definition) is 1. The van der Waals surface area contributed by atoms with Crippen molar-refractivity contribution in [3.05, 3.63) is 83.3 Å². The van der Waals surface area contributed by atoms with Crippen molar-refractivity contribution in [1.29, 1.82) is 0 Å². The molecule has 32 heavy (non-hydrogen) atoms. The third-order valence-corrected chi connectivity index (χ3v) is 6.33. The fourth-order valence-electron chi connectivity index (χ4n) is 3.77. The van der Waals surface area contributed by atoms with Gasteiger partial charge in [0, 0.05) is 5.56 Å². The zero-order valence-electron chi connectivity index (χ0n) is 17.2. The van der Waals surface area contributed by atoms with E-state index in [1.54, 1.807) is 68.6 Å². The monoisotopic (exact) mass is 446 g/mol. The van der Waals surface area contributed by atoms with Crippen LogP contribution in [0, 0.1) is 6.92 Å². The minimum atomic E-state index is -0.939. The van der Waals surface area contributed by atoms with Crippen LogP contribution in [0.5, 0.6) is 5.75 Å². The number of fused-ring (bicyclic) bond motifs is 1. The highest BCUT2D eigenvalue weighted by Gasteiger charge is 2.49. The number of carbonyl (C=O) groups is 2. The van der Waals surface area contributed by atoms with Crippen molar-refractivity contribution in [1.82, 2.24) is 4.98 Å². The first-order valence-electron chi connectivity index (χ1n) is 9.85. The van der Waals surface area contributed by atoms with E-state index in [1.165, 1.54) is 16.2 Å². The fourth-order valence-corrected chi connectivity index (χ4v) is 4.79. The van der Waals surface area contributed by atoms with E-state index >= 15 is 0 Å². The zero-order valence-corrected chi connectivity index (χ0v) is 18.1. The Morgan fingerprint density at radius 1 is 1.12 bits per heavy atom. The number of anilines is 1. The number of ether oxygens (including phenoxy) is 1. The van der Waals surface area contributed by atoms with E-state index in [1.807, 2.05) is 6.07 Å². The molecule has 0 saturated carbocycles. The number of thiazole rings is 1. The molecule has 1 fully saturated rings. The summed E-state index contributed by atoms with van der Waals surface area (Å²) in [4.78, 5) is 32.2. The molecule has 1 unspecified atom stereocenters. The van der Waals surface area contributed by atoms with Crippen molar-refractivity contribution >= 4 is 44.1 Å². The van der Waals surface area contributed by atoms with Gasteiger partial charge in [-0.2, -0.15) is 0 Å². The SMILES string of the molecule is COc1ccc2nc(N3C(=O)C(=O)/C(=C(/O)c4ccccc4)C3c3ccc(C)o3)sc2c1. The summed E-state index contributed by atoms with van der Waals surface area (Å²) >= 11 is 1.26. The quantitative estimate of drug-likeness (QED) is 0.274. The van der Waals surface area contributed by atoms with Crippen LogP contribution in [-0.2, 0) is 9.59 Å². The zero-order chi connectivity index (χ0) is 22.4. The van der Waals surface area contributed by atoms with Crippen LogP contribution < -0.4 is 9.64 Å². The van der Waals surface area contributed by atoms with Gasteiger partial charge in [-0.3, -0.25) is 14.5 Å². The summed E-state index contributed by atoms with van der Waals surface area (Å²) in [6.07, 6.45) is 0. The van der Waals surface area contributed by atoms with Crippen molar-refractivity contribution in [2.45, 2.75) is 13.0 Å². The van der Waals surface area contributed by atoms with Gasteiger partial charge in [0.15, 0.2) is 5.13 Å². The first-order chi connectivity index (χ1) is 15.5. The van der Waals surface area contributed by atoms with E-state index in [0.717, 1.165) is 4.70 Å². The Balaban J connectivity index is 1.71. The normalized spacial score (nSPS) is 17.9. The number of rotatable bonds is 4. The molecule has 1 amide bonds. The molecule has 1 saturated heterocycles. The number of aromatic nitrogens is 1. The average Bonchev–Trinajstić information content (AvgIpc) is 3.49. The van der Waals surface area contributed by atoms with Crippen LogP contribution >= 0.6 is 11.3 Å². The number of hydrogen-bond acceptors (Lipinski definition) is 7. The van der Waals surface area contributed by atoms with E-state index in [9.17, 15) is 14.7 Å². The Hall–Kier alpha value is -3.91. The van der Waals surface area contributed by atoms with E-state index < -0.39 is 17.7 Å². The van der Waals surface area contributed by atoms with Crippen molar-refractivity contribution in [2.75, 3.05) is 12.0 Å². The second-order valence-corrected chi connectivity index (χ2v) is 8.32. The summed E-state index contributed by atoms with van der Waals surface area (Å²) in [5, 5.41) is 11.4. The van der Waals surface area contributed by atoms with Gasteiger partial charge in [0.1, 0.15) is 29.1 Å². The lowest BCUT2D eigenvalue weighted by atomic mass is 9.99. The van der Waals surface area contributed by atoms with Crippen molar-refractivity contribution < 1.29 is 23.8 Å². The molecule has 0 spiro atoms. The molecule has 3 heterocycles. The van der Waals surface area contributed by atoms with Crippen LogP contribution in [0.1, 0.15) is 23.1 Å². The molecule has 1 aliphatic heterocycles. The number of ketones is 1. The lowest BCUT2D eigenvalue weighted by molar-refractivity contribution is -0.132. The lowest BCUT2D eigenvalue weighted by Gasteiger charge is -2.20. The van der Waals surface area contributed by atoms with Gasteiger partial charge < -0.3 is 14.3 Å². The summed E-state index contributed by atoms with van der Waals surface area (Å²) in [6.45, 7) is 1.77. The molecule has 8 heteroatoms. The van der Waals surface area contributed by atoms with Crippen LogP contribution in [0.2, 0.25) is 0 Å². The van der Waals surface area contributed by atoms with Crippen LogP contribution in [0.15, 0.2) is 70.7 Å². The number of methoxy groups -OCH3 is 1. The van der Waals surface area contributed by atoms with Crippen LogP contribution in [0.25, 0.3) is 16.0 Å². The van der Waals surface area contributed by atoms with E-state index in [4.69, 9.17) is 9.15 Å². The van der Waals surface area contributed by atoms with Gasteiger partial charge in [0.2, 0.25) is 0 Å². The Morgan fingerprint density at radius 3 is 2.59 bits per heavy atom. The van der Waals surface area contributed by atoms with Gasteiger partial charge in [0.25, 0.3) is 5.78 Å². The second-order valence-electron chi connectivity index (χ2n) is 7.31. The predicted molar refractivity (Wildman–Crippen MR) is 121 cm³/mol. The number of nitrogens with zero attached hydrogens (tertiary/aromatic N) is 2. The van der Waals surface area contributed by atoms with Gasteiger partial charge in [-0.05, 0) is 37.3 Å². The summed E-state index contributed by atoms with van der Waals surface area (Å²) < 4.78 is 11.9. The molecule has 0 radical (unpaired) electrons. The molecular weight excluding hydrogens is 428 g/mol. The number of furan rings is 1. The van der Waals surface area contributed by atoms with Crippen LogP contribution in [-0.4, -0.2) is 28.9 Å². The number of aryl methyl sites for hydroxylation is 1. The van der Waals surface area contributed by atoms with Gasteiger partial charge in [-0.25, -0.2) is 4.98 Å². The van der Waals surface area contributed by atoms with Gasteiger partial charge in [-0.1, -0.05) is 41.7 Å². The third-order valence-electron chi connectivity index (χ3n) is 5.31. The molecule has 0 aliphatic carbocycles. The molecule has 4 aromatic rings. The molecule has 1 aliphatic rings. The molecule has 1 atom stereocenters.